The normalized spacial score (nSPS) is 27.3. The predicted molar refractivity (Wildman–Crippen MR) is 64.1 cm³/mol. The summed E-state index contributed by atoms with van der Waals surface area (Å²) in [5, 5.41) is 2.35. The lowest BCUT2D eigenvalue weighted by Gasteiger charge is -2.21. The molecule has 90 valence electrons. The maximum Gasteiger partial charge on any atom is 0.325 e. The van der Waals surface area contributed by atoms with E-state index in [4.69, 9.17) is 0 Å². The van der Waals surface area contributed by atoms with Gasteiger partial charge in [-0.1, -0.05) is 19.3 Å². The van der Waals surface area contributed by atoms with Crippen LogP contribution in [0.25, 0.3) is 0 Å². The van der Waals surface area contributed by atoms with Gasteiger partial charge in [-0.3, -0.25) is 9.69 Å². The van der Waals surface area contributed by atoms with Crippen LogP contribution in [0, 0.1) is 5.92 Å². The Hall–Kier alpha value is -0.710. The molecule has 1 heterocycles. The number of carbonyl (C=O) groups is 2. The summed E-state index contributed by atoms with van der Waals surface area (Å²) in [6.45, 7) is 0. The maximum absolute atomic E-state index is 11.6. The Morgan fingerprint density at radius 3 is 2.56 bits per heavy atom. The fourth-order valence-corrected chi connectivity index (χ4v) is 3.53. The highest BCUT2D eigenvalue weighted by atomic mass is 32.2. The minimum atomic E-state index is -0.348. The largest absolute Gasteiger partial charge is 0.325 e. The van der Waals surface area contributed by atoms with E-state index in [1.54, 1.807) is 11.8 Å². The molecule has 2 aliphatic rings. The van der Waals surface area contributed by atoms with Gasteiger partial charge in [0.1, 0.15) is 0 Å². The topological polar surface area (TPSA) is 49.4 Å². The number of hydrogen-bond acceptors (Lipinski definition) is 3. The van der Waals surface area contributed by atoms with Gasteiger partial charge in [0.05, 0.1) is 0 Å². The molecule has 16 heavy (non-hydrogen) atoms. The molecule has 2 fully saturated rings. The van der Waals surface area contributed by atoms with Gasteiger partial charge in [-0.15, -0.1) is 11.8 Å². The van der Waals surface area contributed by atoms with Crippen LogP contribution in [0.15, 0.2) is 0 Å². The molecule has 1 unspecified atom stereocenters. The number of thioether (sulfide) groups is 1. The Morgan fingerprint density at radius 1 is 1.31 bits per heavy atom. The van der Waals surface area contributed by atoms with Gasteiger partial charge in [-0.2, -0.15) is 0 Å². The second-order valence-electron chi connectivity index (χ2n) is 4.56. The monoisotopic (exact) mass is 242 g/mol. The lowest BCUT2D eigenvalue weighted by molar-refractivity contribution is -0.124. The van der Waals surface area contributed by atoms with Crippen LogP contribution in [0.2, 0.25) is 0 Å². The highest BCUT2D eigenvalue weighted by Crippen LogP contribution is 2.29. The van der Waals surface area contributed by atoms with E-state index in [0.29, 0.717) is 0 Å². The van der Waals surface area contributed by atoms with Crippen molar-refractivity contribution in [3.05, 3.63) is 0 Å². The van der Waals surface area contributed by atoms with Crippen LogP contribution in [0.4, 0.5) is 4.79 Å². The molecule has 0 aromatic carbocycles. The molecule has 0 bridgehead atoms. The molecule has 1 N–H and O–H groups in total. The Balaban J connectivity index is 1.77. The first-order chi connectivity index (χ1) is 7.68. The molecule has 0 aromatic heterocycles. The van der Waals surface area contributed by atoms with Crippen LogP contribution >= 0.6 is 11.8 Å². The van der Waals surface area contributed by atoms with Crippen LogP contribution in [-0.2, 0) is 4.79 Å². The minimum absolute atomic E-state index is 0.106. The van der Waals surface area contributed by atoms with Gasteiger partial charge >= 0.3 is 6.03 Å². The summed E-state index contributed by atoms with van der Waals surface area (Å²) in [4.78, 5) is 24.0. The zero-order valence-electron chi connectivity index (χ0n) is 9.57. The Bertz CT molecular complexity index is 290. The summed E-state index contributed by atoms with van der Waals surface area (Å²) < 4.78 is 0. The van der Waals surface area contributed by atoms with E-state index in [1.807, 2.05) is 0 Å². The van der Waals surface area contributed by atoms with Gasteiger partial charge in [0.15, 0.2) is 5.37 Å². The molecule has 1 aliphatic heterocycles. The third-order valence-electron chi connectivity index (χ3n) is 3.34. The third-order valence-corrected chi connectivity index (χ3v) is 4.65. The van der Waals surface area contributed by atoms with Gasteiger partial charge < -0.3 is 5.32 Å². The number of imide groups is 1. The van der Waals surface area contributed by atoms with E-state index in [0.717, 1.165) is 11.7 Å². The first-order valence-corrected chi connectivity index (χ1v) is 6.93. The minimum Gasteiger partial charge on any atom is -0.317 e. The highest BCUT2D eigenvalue weighted by Gasteiger charge is 2.35. The van der Waals surface area contributed by atoms with E-state index in [-0.39, 0.29) is 17.3 Å². The third kappa shape index (κ3) is 2.51. The zero-order valence-corrected chi connectivity index (χ0v) is 10.4. The molecule has 3 amide bonds. The maximum atomic E-state index is 11.6. The Morgan fingerprint density at radius 2 is 2.00 bits per heavy atom. The number of amides is 3. The lowest BCUT2D eigenvalue weighted by Crippen LogP contribution is -2.27. The standard InChI is InChI=1S/C11H18N2O2S/c1-13-10(14)9(12-11(13)15)16-7-8-5-3-2-4-6-8/h8-9H,2-7H2,1H3,(H,12,15). The van der Waals surface area contributed by atoms with Crippen LogP contribution in [0.3, 0.4) is 0 Å². The molecule has 1 saturated carbocycles. The first kappa shape index (κ1) is 11.8. The van der Waals surface area contributed by atoms with Crippen molar-refractivity contribution in [2.45, 2.75) is 37.5 Å². The number of nitrogens with one attached hydrogen (secondary N) is 1. The summed E-state index contributed by atoms with van der Waals surface area (Å²) in [6.07, 6.45) is 6.53. The van der Waals surface area contributed by atoms with Crippen molar-refractivity contribution >= 4 is 23.7 Å². The van der Waals surface area contributed by atoms with Crippen LogP contribution in [0.1, 0.15) is 32.1 Å². The molecular formula is C11H18N2O2S. The van der Waals surface area contributed by atoms with Crippen molar-refractivity contribution in [3.63, 3.8) is 0 Å². The molecule has 0 radical (unpaired) electrons. The molecule has 5 heteroatoms. The van der Waals surface area contributed by atoms with Gasteiger partial charge in [-0.25, -0.2) is 4.79 Å². The van der Waals surface area contributed by atoms with Gasteiger partial charge in [0.25, 0.3) is 5.91 Å². The van der Waals surface area contributed by atoms with Crippen molar-refractivity contribution in [3.8, 4) is 0 Å². The zero-order chi connectivity index (χ0) is 11.5. The molecule has 1 atom stereocenters. The second kappa shape index (κ2) is 5.08. The average Bonchev–Trinajstić information content (AvgIpc) is 2.56. The second-order valence-corrected chi connectivity index (χ2v) is 5.70. The Kier molecular flexibility index (Phi) is 3.74. The number of urea groups is 1. The van der Waals surface area contributed by atoms with Gasteiger partial charge in [0.2, 0.25) is 0 Å². The quantitative estimate of drug-likeness (QED) is 0.768. The molecular weight excluding hydrogens is 224 g/mol. The number of rotatable bonds is 3. The van der Waals surface area contributed by atoms with E-state index < -0.39 is 0 Å². The Labute approximate surface area is 100 Å². The van der Waals surface area contributed by atoms with Crippen molar-refractivity contribution in [2.24, 2.45) is 5.92 Å². The van der Waals surface area contributed by atoms with E-state index >= 15 is 0 Å². The van der Waals surface area contributed by atoms with Crippen molar-refractivity contribution in [1.82, 2.24) is 10.2 Å². The molecule has 0 aromatic rings. The summed E-state index contributed by atoms with van der Waals surface area (Å²) in [5.74, 6) is 1.62. The summed E-state index contributed by atoms with van der Waals surface area (Å²) in [6, 6.07) is -0.272. The molecule has 4 nitrogen and oxygen atoms in total. The van der Waals surface area contributed by atoms with Crippen LogP contribution in [0.5, 0.6) is 0 Å². The smallest absolute Gasteiger partial charge is 0.317 e. The summed E-state index contributed by atoms with van der Waals surface area (Å²) in [5.41, 5.74) is 0. The molecule has 1 saturated heterocycles. The summed E-state index contributed by atoms with van der Waals surface area (Å²) in [7, 11) is 1.53. The predicted octanol–water partition coefficient (Wildman–Crippen LogP) is 1.81. The first-order valence-electron chi connectivity index (χ1n) is 5.88. The van der Waals surface area contributed by atoms with Crippen molar-refractivity contribution in [1.29, 1.82) is 0 Å². The van der Waals surface area contributed by atoms with Crippen molar-refractivity contribution in [2.75, 3.05) is 12.8 Å². The highest BCUT2D eigenvalue weighted by molar-refractivity contribution is 8.00. The average molecular weight is 242 g/mol. The van der Waals surface area contributed by atoms with Crippen molar-refractivity contribution < 1.29 is 9.59 Å². The van der Waals surface area contributed by atoms with Gasteiger partial charge in [0, 0.05) is 7.05 Å². The van der Waals surface area contributed by atoms with E-state index in [1.165, 1.54) is 44.1 Å². The number of nitrogens with zero attached hydrogens (tertiary/aromatic N) is 1. The number of hydrogen-bond donors (Lipinski definition) is 1. The lowest BCUT2D eigenvalue weighted by atomic mass is 9.91. The molecule has 1 aliphatic carbocycles. The SMILES string of the molecule is CN1C(=O)NC(SCC2CCCCC2)C1=O. The van der Waals surface area contributed by atoms with Crippen LogP contribution < -0.4 is 5.32 Å². The fraction of sp³-hybridized carbons (Fsp3) is 0.818. The number of carbonyl (C=O) groups excluding carboxylic acids is 2. The number of likely N-dealkylation sites (N-methyl/N-ethyl adjacent to an activating group) is 1. The fourth-order valence-electron chi connectivity index (χ4n) is 2.25. The van der Waals surface area contributed by atoms with Gasteiger partial charge in [-0.05, 0) is 24.5 Å². The van der Waals surface area contributed by atoms with Crippen LogP contribution in [-0.4, -0.2) is 35.0 Å². The van der Waals surface area contributed by atoms with E-state index in [2.05, 4.69) is 5.32 Å². The molecule has 0 spiro atoms. The van der Waals surface area contributed by atoms with E-state index in [9.17, 15) is 9.59 Å². The summed E-state index contributed by atoms with van der Waals surface area (Å²) >= 11 is 1.58. The molecule has 2 rings (SSSR count).